The van der Waals surface area contributed by atoms with Crippen molar-refractivity contribution >= 4 is 15.7 Å². The Morgan fingerprint density at radius 1 is 1.53 bits per heavy atom. The van der Waals surface area contributed by atoms with Crippen molar-refractivity contribution in [3.8, 4) is 0 Å². The van der Waals surface area contributed by atoms with Gasteiger partial charge in [0.2, 0.25) is 10.0 Å². The summed E-state index contributed by atoms with van der Waals surface area (Å²) in [6, 6.07) is 3.63. The lowest BCUT2D eigenvalue weighted by molar-refractivity contribution is 0.0314. The first-order chi connectivity index (χ1) is 8.84. The zero-order chi connectivity index (χ0) is 14.1. The molecule has 1 aromatic carbocycles. The molecule has 0 bridgehead atoms. The molecule has 0 spiro atoms. The average Bonchev–Trinajstić information content (AvgIpc) is 2.74. The number of benzene rings is 1. The van der Waals surface area contributed by atoms with Gasteiger partial charge in [0.25, 0.3) is 0 Å². The molecule has 1 aromatic rings. The summed E-state index contributed by atoms with van der Waals surface area (Å²) in [5.74, 6) is -0.929. The lowest BCUT2D eigenvalue weighted by Gasteiger charge is -2.21. The third-order valence-corrected chi connectivity index (χ3v) is 4.43. The van der Waals surface area contributed by atoms with E-state index in [1.54, 1.807) is 0 Å². The van der Waals surface area contributed by atoms with Crippen LogP contribution in [0.15, 0.2) is 23.1 Å². The minimum absolute atomic E-state index is 0.0439. The van der Waals surface area contributed by atoms with Crippen molar-refractivity contribution in [3.63, 3.8) is 0 Å². The first-order valence-electron chi connectivity index (χ1n) is 5.68. The molecule has 4 N–H and O–H groups in total. The smallest absolute Gasteiger partial charge is 0.245 e. The maximum Gasteiger partial charge on any atom is 0.245 e. The fourth-order valence-corrected chi connectivity index (χ4v) is 3.15. The van der Waals surface area contributed by atoms with E-state index in [0.717, 1.165) is 6.07 Å². The quantitative estimate of drug-likeness (QED) is 0.669. The highest BCUT2D eigenvalue weighted by molar-refractivity contribution is 7.89. The molecule has 8 heteroatoms. The number of hydrogen-bond acceptors (Lipinski definition) is 5. The summed E-state index contributed by atoms with van der Waals surface area (Å²) in [6.45, 7) is 0.158. The van der Waals surface area contributed by atoms with Crippen LogP contribution in [0.1, 0.15) is 6.42 Å². The van der Waals surface area contributed by atoms with Crippen LogP contribution in [0, 0.1) is 5.82 Å². The van der Waals surface area contributed by atoms with E-state index in [2.05, 4.69) is 4.72 Å². The molecule has 1 heterocycles. The first kappa shape index (κ1) is 14.2. The van der Waals surface area contributed by atoms with Gasteiger partial charge in [0, 0.05) is 19.6 Å². The number of halogens is 1. The Balaban J connectivity index is 2.19. The maximum atomic E-state index is 13.6. The lowest BCUT2D eigenvalue weighted by Crippen LogP contribution is -2.43. The van der Waals surface area contributed by atoms with E-state index in [9.17, 15) is 17.9 Å². The second-order valence-electron chi connectivity index (χ2n) is 4.51. The normalized spacial score (nSPS) is 23.7. The Labute approximate surface area is 110 Å². The summed E-state index contributed by atoms with van der Waals surface area (Å²) < 4.78 is 44.7. The zero-order valence-corrected chi connectivity index (χ0v) is 10.9. The van der Waals surface area contributed by atoms with Crippen molar-refractivity contribution in [1.29, 1.82) is 0 Å². The fourth-order valence-electron chi connectivity index (χ4n) is 1.85. The van der Waals surface area contributed by atoms with E-state index in [0.29, 0.717) is 13.0 Å². The van der Waals surface area contributed by atoms with Crippen molar-refractivity contribution in [2.75, 3.05) is 25.5 Å². The molecule has 0 radical (unpaired) electrons. The third kappa shape index (κ3) is 3.03. The van der Waals surface area contributed by atoms with Crippen LogP contribution >= 0.6 is 0 Å². The standard InChI is InChI=1S/C11H15FN2O4S/c12-8-2-1-3-9(13)10(8)19(16,17)14-6-11(15)4-5-18-7-11/h1-3,14-15H,4-7,13H2. The van der Waals surface area contributed by atoms with Crippen LogP contribution in [0.3, 0.4) is 0 Å². The number of anilines is 1. The van der Waals surface area contributed by atoms with Gasteiger partial charge in [-0.1, -0.05) is 6.07 Å². The van der Waals surface area contributed by atoms with Gasteiger partial charge in [-0.15, -0.1) is 0 Å². The molecule has 106 valence electrons. The Kier molecular flexibility index (Phi) is 3.77. The highest BCUT2D eigenvalue weighted by Gasteiger charge is 2.34. The first-order valence-corrected chi connectivity index (χ1v) is 7.16. The molecule has 1 unspecified atom stereocenters. The summed E-state index contributed by atoms with van der Waals surface area (Å²) >= 11 is 0. The summed E-state index contributed by atoms with van der Waals surface area (Å²) in [5.41, 5.74) is 4.04. The number of ether oxygens (including phenoxy) is 1. The third-order valence-electron chi connectivity index (χ3n) is 2.94. The molecule has 1 fully saturated rings. The topological polar surface area (TPSA) is 102 Å². The minimum atomic E-state index is -4.11. The van der Waals surface area contributed by atoms with Crippen LogP contribution in [0.5, 0.6) is 0 Å². The van der Waals surface area contributed by atoms with E-state index in [1.807, 2.05) is 0 Å². The highest BCUT2D eigenvalue weighted by Crippen LogP contribution is 2.23. The maximum absolute atomic E-state index is 13.6. The van der Waals surface area contributed by atoms with Crippen LogP contribution in [0.25, 0.3) is 0 Å². The molecular formula is C11H15FN2O4S. The molecular weight excluding hydrogens is 275 g/mol. The van der Waals surface area contributed by atoms with Crippen molar-refractivity contribution < 1.29 is 22.7 Å². The van der Waals surface area contributed by atoms with E-state index < -0.39 is 26.3 Å². The predicted molar refractivity (Wildman–Crippen MR) is 66.4 cm³/mol. The predicted octanol–water partition coefficient (Wildman–Crippen LogP) is -0.162. The SMILES string of the molecule is Nc1cccc(F)c1S(=O)(=O)NCC1(O)CCOC1. The molecule has 6 nitrogen and oxygen atoms in total. The van der Waals surface area contributed by atoms with Gasteiger partial charge in [-0.25, -0.2) is 17.5 Å². The van der Waals surface area contributed by atoms with Crippen molar-refractivity contribution in [2.24, 2.45) is 0 Å². The Morgan fingerprint density at radius 2 is 2.26 bits per heavy atom. The van der Waals surface area contributed by atoms with Gasteiger partial charge < -0.3 is 15.6 Å². The zero-order valence-electron chi connectivity index (χ0n) is 10.1. The molecule has 0 amide bonds. The number of aliphatic hydroxyl groups is 1. The van der Waals surface area contributed by atoms with Gasteiger partial charge in [-0.3, -0.25) is 0 Å². The molecule has 0 saturated carbocycles. The molecule has 2 rings (SSSR count). The summed E-state index contributed by atoms with van der Waals surface area (Å²) in [5, 5.41) is 9.96. The number of sulfonamides is 1. The number of rotatable bonds is 4. The number of nitrogen functional groups attached to an aromatic ring is 1. The molecule has 0 aromatic heterocycles. The van der Waals surface area contributed by atoms with Gasteiger partial charge in [0.15, 0.2) is 0 Å². The van der Waals surface area contributed by atoms with E-state index in [4.69, 9.17) is 10.5 Å². The molecule has 1 saturated heterocycles. The summed E-state index contributed by atoms with van der Waals surface area (Å²) in [6.07, 6.45) is 0.322. The van der Waals surface area contributed by atoms with Crippen LogP contribution in [-0.2, 0) is 14.8 Å². The fraction of sp³-hybridized carbons (Fsp3) is 0.455. The summed E-state index contributed by atoms with van der Waals surface area (Å²) in [4.78, 5) is -0.600. The van der Waals surface area contributed by atoms with Crippen molar-refractivity contribution in [3.05, 3.63) is 24.0 Å². The number of hydrogen-bond donors (Lipinski definition) is 3. The molecule has 19 heavy (non-hydrogen) atoms. The largest absolute Gasteiger partial charge is 0.398 e. The van der Waals surface area contributed by atoms with E-state index >= 15 is 0 Å². The molecule has 1 atom stereocenters. The highest BCUT2D eigenvalue weighted by atomic mass is 32.2. The van der Waals surface area contributed by atoms with Gasteiger partial charge in [0.05, 0.1) is 12.3 Å². The Morgan fingerprint density at radius 3 is 2.84 bits per heavy atom. The van der Waals surface area contributed by atoms with Crippen LogP contribution in [0.2, 0.25) is 0 Å². The van der Waals surface area contributed by atoms with Gasteiger partial charge in [-0.2, -0.15) is 0 Å². The Bertz CT molecular complexity index is 550. The minimum Gasteiger partial charge on any atom is -0.398 e. The van der Waals surface area contributed by atoms with Crippen LogP contribution in [0.4, 0.5) is 10.1 Å². The monoisotopic (exact) mass is 290 g/mol. The van der Waals surface area contributed by atoms with E-state index in [1.165, 1.54) is 12.1 Å². The molecule has 0 aliphatic carbocycles. The molecule has 1 aliphatic heterocycles. The Hall–Kier alpha value is -1.22. The van der Waals surface area contributed by atoms with Crippen LogP contribution in [-0.4, -0.2) is 38.9 Å². The van der Waals surface area contributed by atoms with Crippen LogP contribution < -0.4 is 10.5 Å². The second kappa shape index (κ2) is 5.04. The number of nitrogens with one attached hydrogen (secondary N) is 1. The van der Waals surface area contributed by atoms with Gasteiger partial charge in [-0.05, 0) is 12.1 Å². The lowest BCUT2D eigenvalue weighted by atomic mass is 10.1. The molecule has 1 aliphatic rings. The van der Waals surface area contributed by atoms with Gasteiger partial charge in [0.1, 0.15) is 16.3 Å². The average molecular weight is 290 g/mol. The van der Waals surface area contributed by atoms with Crippen molar-refractivity contribution in [1.82, 2.24) is 4.72 Å². The van der Waals surface area contributed by atoms with Gasteiger partial charge >= 0.3 is 0 Å². The van der Waals surface area contributed by atoms with E-state index in [-0.39, 0.29) is 18.8 Å². The van der Waals surface area contributed by atoms with Crippen molar-refractivity contribution in [2.45, 2.75) is 16.9 Å². The number of nitrogens with two attached hydrogens (primary N) is 1. The summed E-state index contributed by atoms with van der Waals surface area (Å²) in [7, 11) is -4.11. The second-order valence-corrected chi connectivity index (χ2v) is 6.21.